The van der Waals surface area contributed by atoms with Crippen molar-refractivity contribution in [2.45, 2.75) is 0 Å². The minimum atomic E-state index is -0.239. The van der Waals surface area contributed by atoms with E-state index in [0.29, 0.717) is 22.0 Å². The van der Waals surface area contributed by atoms with Crippen molar-refractivity contribution in [2.24, 2.45) is 0 Å². The fourth-order valence-corrected chi connectivity index (χ4v) is 2.31. The number of halogens is 1. The van der Waals surface area contributed by atoms with Crippen LogP contribution in [0.2, 0.25) is 5.02 Å². The Bertz CT molecular complexity index is 906. The van der Waals surface area contributed by atoms with E-state index in [2.05, 4.69) is 11.1 Å². The van der Waals surface area contributed by atoms with Gasteiger partial charge < -0.3 is 0 Å². The van der Waals surface area contributed by atoms with Crippen molar-refractivity contribution in [1.82, 2.24) is 9.55 Å². The molecule has 3 aromatic rings. The maximum atomic E-state index is 12.2. The Morgan fingerprint density at radius 2 is 1.68 bits per heavy atom. The molecule has 0 aliphatic carbocycles. The summed E-state index contributed by atoms with van der Waals surface area (Å²) in [5.74, 6) is 0. The highest BCUT2D eigenvalue weighted by Crippen LogP contribution is 2.22. The summed E-state index contributed by atoms with van der Waals surface area (Å²) >= 11 is 5.91. The quantitative estimate of drug-likeness (QED) is 0.729. The first kappa shape index (κ1) is 14.1. The van der Waals surface area contributed by atoms with Gasteiger partial charge in [-0.15, -0.1) is 0 Å². The van der Waals surface area contributed by atoms with Crippen molar-refractivity contribution >= 4 is 11.6 Å². The molecule has 5 heteroatoms. The molecule has 106 valence electrons. The standard InChI is InChI=1S/C17H10ClN3O/c18-14-5-3-13(4-6-14)16-10-20-11-17(22)21(16)15-7-1-12(9-19)2-8-15/h1-8,10-11H. The van der Waals surface area contributed by atoms with Gasteiger partial charge in [-0.25, -0.2) is 0 Å². The highest BCUT2D eigenvalue weighted by atomic mass is 35.5. The first-order chi connectivity index (χ1) is 10.7. The van der Waals surface area contributed by atoms with Crippen LogP contribution in [0.25, 0.3) is 16.9 Å². The normalized spacial score (nSPS) is 10.2. The third-order valence-electron chi connectivity index (χ3n) is 3.24. The molecule has 0 amide bonds. The van der Waals surface area contributed by atoms with Crippen molar-refractivity contribution in [2.75, 3.05) is 0 Å². The number of nitrogens with zero attached hydrogens (tertiary/aromatic N) is 3. The SMILES string of the molecule is N#Cc1ccc(-n2c(-c3ccc(Cl)cc3)cncc2=O)cc1. The summed E-state index contributed by atoms with van der Waals surface area (Å²) in [6.07, 6.45) is 2.89. The van der Waals surface area contributed by atoms with Crippen molar-refractivity contribution in [3.05, 3.63) is 81.9 Å². The van der Waals surface area contributed by atoms with Gasteiger partial charge in [0, 0.05) is 16.3 Å². The zero-order chi connectivity index (χ0) is 15.5. The molecule has 0 aliphatic rings. The Morgan fingerprint density at radius 3 is 2.32 bits per heavy atom. The van der Waals surface area contributed by atoms with Gasteiger partial charge in [0.25, 0.3) is 5.56 Å². The van der Waals surface area contributed by atoms with Crippen LogP contribution in [0.5, 0.6) is 0 Å². The predicted octanol–water partition coefficient (Wildman–Crippen LogP) is 3.42. The van der Waals surface area contributed by atoms with E-state index in [1.54, 1.807) is 47.2 Å². The summed E-state index contributed by atoms with van der Waals surface area (Å²) in [5, 5.41) is 9.50. The molecule has 0 fully saturated rings. The number of aromatic nitrogens is 2. The van der Waals surface area contributed by atoms with Crippen LogP contribution in [0.1, 0.15) is 5.56 Å². The Labute approximate surface area is 131 Å². The third kappa shape index (κ3) is 2.62. The summed E-state index contributed by atoms with van der Waals surface area (Å²) in [7, 11) is 0. The molecule has 2 aromatic carbocycles. The summed E-state index contributed by atoms with van der Waals surface area (Å²) in [5.41, 5.74) is 2.47. The molecule has 0 spiro atoms. The van der Waals surface area contributed by atoms with E-state index in [0.717, 1.165) is 5.56 Å². The number of rotatable bonds is 2. The monoisotopic (exact) mass is 307 g/mol. The first-order valence-corrected chi connectivity index (χ1v) is 6.90. The second kappa shape index (κ2) is 5.84. The first-order valence-electron chi connectivity index (χ1n) is 6.52. The second-order valence-electron chi connectivity index (χ2n) is 4.63. The van der Waals surface area contributed by atoms with E-state index >= 15 is 0 Å². The second-order valence-corrected chi connectivity index (χ2v) is 5.07. The lowest BCUT2D eigenvalue weighted by Gasteiger charge is -2.12. The van der Waals surface area contributed by atoms with Gasteiger partial charge in [-0.05, 0) is 36.4 Å². The topological polar surface area (TPSA) is 58.7 Å². The van der Waals surface area contributed by atoms with Crippen LogP contribution >= 0.6 is 11.6 Å². The lowest BCUT2D eigenvalue weighted by molar-refractivity contribution is 0.966. The van der Waals surface area contributed by atoms with E-state index in [-0.39, 0.29) is 5.56 Å². The van der Waals surface area contributed by atoms with E-state index in [9.17, 15) is 4.79 Å². The highest BCUT2D eigenvalue weighted by molar-refractivity contribution is 6.30. The van der Waals surface area contributed by atoms with Gasteiger partial charge in [-0.2, -0.15) is 5.26 Å². The van der Waals surface area contributed by atoms with Gasteiger partial charge in [-0.1, -0.05) is 23.7 Å². The molecule has 0 bridgehead atoms. The fourth-order valence-electron chi connectivity index (χ4n) is 2.18. The molecule has 0 saturated heterocycles. The van der Waals surface area contributed by atoms with Crippen LogP contribution in [-0.4, -0.2) is 9.55 Å². The molecule has 3 rings (SSSR count). The molecule has 0 N–H and O–H groups in total. The van der Waals surface area contributed by atoms with Gasteiger partial charge in [0.05, 0.1) is 29.7 Å². The third-order valence-corrected chi connectivity index (χ3v) is 3.49. The Morgan fingerprint density at radius 1 is 1.00 bits per heavy atom. The van der Waals surface area contributed by atoms with Gasteiger partial charge in [0.1, 0.15) is 0 Å². The van der Waals surface area contributed by atoms with E-state index in [1.165, 1.54) is 6.20 Å². The van der Waals surface area contributed by atoms with Crippen molar-refractivity contribution in [3.63, 3.8) is 0 Å². The van der Waals surface area contributed by atoms with Gasteiger partial charge in [0.15, 0.2) is 0 Å². The highest BCUT2D eigenvalue weighted by Gasteiger charge is 2.09. The van der Waals surface area contributed by atoms with Gasteiger partial charge in [0.2, 0.25) is 0 Å². The van der Waals surface area contributed by atoms with Crippen molar-refractivity contribution in [3.8, 4) is 23.0 Å². The zero-order valence-corrected chi connectivity index (χ0v) is 12.2. The number of nitriles is 1. The average molecular weight is 308 g/mol. The maximum Gasteiger partial charge on any atom is 0.274 e. The number of hydrogen-bond acceptors (Lipinski definition) is 3. The van der Waals surface area contributed by atoms with Crippen LogP contribution in [0.3, 0.4) is 0 Å². The maximum absolute atomic E-state index is 12.2. The van der Waals surface area contributed by atoms with Crippen LogP contribution in [0.4, 0.5) is 0 Å². The van der Waals surface area contributed by atoms with Crippen LogP contribution in [-0.2, 0) is 0 Å². The van der Waals surface area contributed by atoms with Crippen molar-refractivity contribution in [1.29, 1.82) is 5.26 Å². The van der Waals surface area contributed by atoms with Gasteiger partial charge >= 0.3 is 0 Å². The minimum absolute atomic E-state index is 0.239. The lowest BCUT2D eigenvalue weighted by atomic mass is 10.1. The molecule has 0 aliphatic heterocycles. The predicted molar refractivity (Wildman–Crippen MR) is 85.0 cm³/mol. The summed E-state index contributed by atoms with van der Waals surface area (Å²) in [6.45, 7) is 0. The minimum Gasteiger partial charge on any atom is -0.274 e. The zero-order valence-electron chi connectivity index (χ0n) is 11.4. The molecule has 1 heterocycles. The average Bonchev–Trinajstić information content (AvgIpc) is 2.55. The summed E-state index contributed by atoms with van der Waals surface area (Å²) < 4.78 is 1.55. The van der Waals surface area contributed by atoms with Crippen LogP contribution in [0.15, 0.2) is 65.7 Å². The van der Waals surface area contributed by atoms with Crippen LogP contribution in [0, 0.1) is 11.3 Å². The van der Waals surface area contributed by atoms with Gasteiger partial charge in [-0.3, -0.25) is 14.3 Å². The smallest absolute Gasteiger partial charge is 0.274 e. The lowest BCUT2D eigenvalue weighted by Crippen LogP contribution is -2.19. The fraction of sp³-hybridized carbons (Fsp3) is 0. The molecule has 1 aromatic heterocycles. The molecular weight excluding hydrogens is 298 g/mol. The van der Waals surface area contributed by atoms with E-state index < -0.39 is 0 Å². The molecule has 22 heavy (non-hydrogen) atoms. The van der Waals surface area contributed by atoms with Crippen molar-refractivity contribution < 1.29 is 0 Å². The number of benzene rings is 2. The molecule has 0 atom stereocenters. The van der Waals surface area contributed by atoms with Crippen LogP contribution < -0.4 is 5.56 Å². The molecule has 4 nitrogen and oxygen atoms in total. The van der Waals surface area contributed by atoms with E-state index in [1.807, 2.05) is 12.1 Å². The Balaban J connectivity index is 2.20. The molecular formula is C17H10ClN3O. The van der Waals surface area contributed by atoms with E-state index in [4.69, 9.17) is 16.9 Å². The largest absolute Gasteiger partial charge is 0.274 e. The number of hydrogen-bond donors (Lipinski definition) is 0. The molecule has 0 radical (unpaired) electrons. The molecule has 0 unspecified atom stereocenters. The Kier molecular flexibility index (Phi) is 3.73. The Hall–Kier alpha value is -2.90. The molecule has 0 saturated carbocycles. The summed E-state index contributed by atoms with van der Waals surface area (Å²) in [4.78, 5) is 16.2. The summed E-state index contributed by atoms with van der Waals surface area (Å²) in [6, 6.07) is 16.1.